The van der Waals surface area contributed by atoms with Gasteiger partial charge in [0.15, 0.2) is 23.3 Å². The first kappa shape index (κ1) is 21.1. The largest absolute Gasteiger partial charge is 0.481 e. The SMILES string of the molecule is CCOC(=O)Cc1cccc(F)c1F.O=C(O)Cc1cccc(F)c1F. The summed E-state index contributed by atoms with van der Waals surface area (Å²) in [5, 5.41) is 8.29. The van der Waals surface area contributed by atoms with Crippen LogP contribution in [0.25, 0.3) is 0 Å². The average molecular weight is 372 g/mol. The second-order valence-corrected chi connectivity index (χ2v) is 4.98. The molecule has 0 bridgehead atoms. The van der Waals surface area contributed by atoms with Crippen LogP contribution in [-0.4, -0.2) is 23.7 Å². The zero-order valence-corrected chi connectivity index (χ0v) is 13.8. The minimum absolute atomic E-state index is 0.0171. The first-order chi connectivity index (χ1) is 12.3. The predicted molar refractivity (Wildman–Crippen MR) is 84.4 cm³/mol. The Morgan fingerprint density at radius 3 is 1.77 bits per heavy atom. The summed E-state index contributed by atoms with van der Waals surface area (Å²) in [4.78, 5) is 21.1. The molecule has 0 aliphatic carbocycles. The van der Waals surface area contributed by atoms with Crippen LogP contribution in [-0.2, 0) is 27.2 Å². The molecule has 2 rings (SSSR count). The number of halogens is 4. The van der Waals surface area contributed by atoms with E-state index in [1.54, 1.807) is 6.92 Å². The van der Waals surface area contributed by atoms with Crippen LogP contribution in [0.3, 0.4) is 0 Å². The molecular weight excluding hydrogens is 356 g/mol. The summed E-state index contributed by atoms with van der Waals surface area (Å²) in [6, 6.07) is 7.18. The van der Waals surface area contributed by atoms with Crippen molar-refractivity contribution in [1.29, 1.82) is 0 Å². The molecule has 0 spiro atoms. The Kier molecular flexibility index (Phi) is 8.27. The number of carbonyl (C=O) groups excluding carboxylic acids is 1. The minimum atomic E-state index is -1.18. The monoisotopic (exact) mass is 372 g/mol. The van der Waals surface area contributed by atoms with Crippen molar-refractivity contribution in [3.63, 3.8) is 0 Å². The Labute approximate surface area is 147 Å². The summed E-state index contributed by atoms with van der Waals surface area (Å²) in [7, 11) is 0. The zero-order chi connectivity index (χ0) is 19.7. The van der Waals surface area contributed by atoms with Crippen LogP contribution in [0.4, 0.5) is 17.6 Å². The molecule has 0 atom stereocenters. The van der Waals surface area contributed by atoms with E-state index >= 15 is 0 Å². The van der Waals surface area contributed by atoms with E-state index in [9.17, 15) is 27.2 Å². The van der Waals surface area contributed by atoms with E-state index in [1.807, 2.05) is 0 Å². The Morgan fingerprint density at radius 1 is 0.885 bits per heavy atom. The quantitative estimate of drug-likeness (QED) is 0.643. The molecule has 0 aliphatic heterocycles. The molecule has 4 nitrogen and oxygen atoms in total. The highest BCUT2D eigenvalue weighted by Crippen LogP contribution is 2.12. The van der Waals surface area contributed by atoms with Crippen LogP contribution >= 0.6 is 0 Å². The van der Waals surface area contributed by atoms with Gasteiger partial charge in [-0.25, -0.2) is 17.6 Å². The molecule has 0 saturated carbocycles. The number of carbonyl (C=O) groups is 2. The van der Waals surface area contributed by atoms with Crippen LogP contribution in [0.15, 0.2) is 36.4 Å². The highest BCUT2D eigenvalue weighted by atomic mass is 19.2. The molecular formula is C18H16F4O4. The van der Waals surface area contributed by atoms with Gasteiger partial charge in [0.2, 0.25) is 0 Å². The van der Waals surface area contributed by atoms with Gasteiger partial charge in [-0.2, -0.15) is 0 Å². The number of carboxylic acids is 1. The Bertz CT molecular complexity index is 778. The van der Waals surface area contributed by atoms with E-state index in [1.165, 1.54) is 24.3 Å². The second kappa shape index (κ2) is 10.2. The van der Waals surface area contributed by atoms with Gasteiger partial charge in [-0.1, -0.05) is 24.3 Å². The number of rotatable bonds is 5. The van der Waals surface area contributed by atoms with Crippen LogP contribution in [0.5, 0.6) is 0 Å². The number of hydrogen-bond acceptors (Lipinski definition) is 3. The van der Waals surface area contributed by atoms with Crippen molar-refractivity contribution in [2.75, 3.05) is 6.61 Å². The fourth-order valence-electron chi connectivity index (χ4n) is 1.90. The van der Waals surface area contributed by atoms with Crippen molar-refractivity contribution in [3.8, 4) is 0 Å². The van der Waals surface area contributed by atoms with Gasteiger partial charge in [-0.15, -0.1) is 0 Å². The lowest BCUT2D eigenvalue weighted by atomic mass is 10.1. The maximum absolute atomic E-state index is 13.0. The minimum Gasteiger partial charge on any atom is -0.481 e. The molecule has 0 aromatic heterocycles. The first-order valence-electron chi connectivity index (χ1n) is 7.49. The van der Waals surface area contributed by atoms with Gasteiger partial charge in [0.25, 0.3) is 0 Å². The summed E-state index contributed by atoms with van der Waals surface area (Å²) in [5.74, 6) is -5.78. The molecule has 8 heteroatoms. The van der Waals surface area contributed by atoms with E-state index < -0.39 is 41.6 Å². The van der Waals surface area contributed by atoms with Gasteiger partial charge < -0.3 is 9.84 Å². The fourth-order valence-corrected chi connectivity index (χ4v) is 1.90. The maximum Gasteiger partial charge on any atom is 0.310 e. The molecule has 140 valence electrons. The second-order valence-electron chi connectivity index (χ2n) is 4.98. The molecule has 0 amide bonds. The van der Waals surface area contributed by atoms with Crippen molar-refractivity contribution in [1.82, 2.24) is 0 Å². The van der Waals surface area contributed by atoms with Crippen molar-refractivity contribution in [3.05, 3.63) is 70.8 Å². The molecule has 0 heterocycles. The molecule has 26 heavy (non-hydrogen) atoms. The molecule has 1 N–H and O–H groups in total. The Balaban J connectivity index is 0.000000263. The zero-order valence-electron chi connectivity index (χ0n) is 13.8. The van der Waals surface area contributed by atoms with Crippen molar-refractivity contribution in [2.45, 2.75) is 19.8 Å². The van der Waals surface area contributed by atoms with Gasteiger partial charge in [-0.3, -0.25) is 9.59 Å². The molecule has 0 radical (unpaired) electrons. The summed E-state index contributed by atoms with van der Waals surface area (Å²) < 4.78 is 55.5. The third-order valence-corrected chi connectivity index (χ3v) is 3.04. The highest BCUT2D eigenvalue weighted by Gasteiger charge is 2.12. The molecule has 2 aromatic carbocycles. The number of ether oxygens (including phenoxy) is 1. The van der Waals surface area contributed by atoms with E-state index in [-0.39, 0.29) is 24.2 Å². The van der Waals surface area contributed by atoms with Crippen molar-refractivity contribution >= 4 is 11.9 Å². The van der Waals surface area contributed by atoms with E-state index in [4.69, 9.17) is 5.11 Å². The lowest BCUT2D eigenvalue weighted by Crippen LogP contribution is -2.09. The Morgan fingerprint density at radius 2 is 1.35 bits per heavy atom. The van der Waals surface area contributed by atoms with Gasteiger partial charge in [0.05, 0.1) is 19.4 Å². The van der Waals surface area contributed by atoms with E-state index in [2.05, 4.69) is 4.74 Å². The summed E-state index contributed by atoms with van der Waals surface area (Å²) in [5.41, 5.74) is -0.119. The lowest BCUT2D eigenvalue weighted by molar-refractivity contribution is -0.142. The fraction of sp³-hybridized carbons (Fsp3) is 0.222. The summed E-state index contributed by atoms with van der Waals surface area (Å²) in [6.45, 7) is 1.88. The molecule has 0 fully saturated rings. The van der Waals surface area contributed by atoms with Crippen LogP contribution in [0, 0.1) is 23.3 Å². The van der Waals surface area contributed by atoms with Crippen LogP contribution < -0.4 is 0 Å². The van der Waals surface area contributed by atoms with Gasteiger partial charge in [-0.05, 0) is 19.1 Å². The topological polar surface area (TPSA) is 63.6 Å². The number of benzene rings is 2. The number of hydrogen-bond donors (Lipinski definition) is 1. The number of carboxylic acid groups (broad SMARTS) is 1. The maximum atomic E-state index is 13.0. The van der Waals surface area contributed by atoms with Crippen LogP contribution in [0.2, 0.25) is 0 Å². The third kappa shape index (κ3) is 6.54. The van der Waals surface area contributed by atoms with Gasteiger partial charge in [0.1, 0.15) is 0 Å². The predicted octanol–water partition coefficient (Wildman–Crippen LogP) is 3.66. The summed E-state index contributed by atoms with van der Waals surface area (Å²) in [6.07, 6.45) is -0.735. The Hall–Kier alpha value is -2.90. The number of esters is 1. The van der Waals surface area contributed by atoms with E-state index in [0.29, 0.717) is 0 Å². The lowest BCUT2D eigenvalue weighted by Gasteiger charge is -2.03. The van der Waals surface area contributed by atoms with Crippen molar-refractivity contribution in [2.24, 2.45) is 0 Å². The third-order valence-electron chi connectivity index (χ3n) is 3.04. The number of aliphatic carboxylic acids is 1. The molecule has 0 aliphatic rings. The smallest absolute Gasteiger partial charge is 0.310 e. The molecule has 0 saturated heterocycles. The van der Waals surface area contributed by atoms with Gasteiger partial charge >= 0.3 is 11.9 Å². The average Bonchev–Trinajstić information content (AvgIpc) is 2.57. The van der Waals surface area contributed by atoms with Gasteiger partial charge in [0, 0.05) is 11.1 Å². The molecule has 2 aromatic rings. The standard InChI is InChI=1S/C10H10F2O2.C8H6F2O2/c1-2-14-9(13)6-7-4-3-5-8(11)10(7)12;9-6-3-1-2-5(8(6)10)4-7(11)12/h3-5H,2,6H2,1H3;1-3H,4H2,(H,11,12). The van der Waals surface area contributed by atoms with Crippen molar-refractivity contribution < 1.29 is 37.0 Å². The summed E-state index contributed by atoms with van der Waals surface area (Å²) >= 11 is 0. The van der Waals surface area contributed by atoms with Crippen LogP contribution in [0.1, 0.15) is 18.1 Å². The normalized spacial score (nSPS) is 9.88. The molecule has 0 unspecified atom stereocenters. The highest BCUT2D eigenvalue weighted by molar-refractivity contribution is 5.72. The first-order valence-corrected chi connectivity index (χ1v) is 7.49. The van der Waals surface area contributed by atoms with E-state index in [0.717, 1.165) is 12.1 Å².